The number of pyridine rings is 1. The SMILES string of the molecule is CC[C@@H]1CCCN(c2nc3ccc(Br)cc3c(C(=O)NC[C@H](CCC(=O)O)c3cc(F)ccc3F)c2C)C1. The lowest BCUT2D eigenvalue weighted by molar-refractivity contribution is -0.137. The average Bonchev–Trinajstić information content (AvgIpc) is 2.89. The minimum Gasteiger partial charge on any atom is -0.481 e. The second kappa shape index (κ2) is 12.2. The molecule has 1 aliphatic rings. The molecule has 1 saturated heterocycles. The number of amides is 1. The van der Waals surface area contributed by atoms with Gasteiger partial charge in [-0.1, -0.05) is 29.3 Å². The summed E-state index contributed by atoms with van der Waals surface area (Å²) >= 11 is 3.49. The minimum atomic E-state index is -1.05. The monoisotopic (exact) mass is 587 g/mol. The zero-order valence-corrected chi connectivity index (χ0v) is 23.2. The first-order valence-corrected chi connectivity index (χ1v) is 13.8. The van der Waals surface area contributed by atoms with Gasteiger partial charge in [0.1, 0.15) is 17.5 Å². The summed E-state index contributed by atoms with van der Waals surface area (Å²) in [6.45, 7) is 5.78. The molecule has 1 aromatic heterocycles. The van der Waals surface area contributed by atoms with E-state index in [1.165, 1.54) is 6.42 Å². The van der Waals surface area contributed by atoms with E-state index < -0.39 is 23.5 Å². The quantitative estimate of drug-likeness (QED) is 0.295. The van der Waals surface area contributed by atoms with Gasteiger partial charge in [0.2, 0.25) is 0 Å². The highest BCUT2D eigenvalue weighted by Crippen LogP contribution is 2.33. The van der Waals surface area contributed by atoms with E-state index in [0.717, 1.165) is 60.0 Å². The van der Waals surface area contributed by atoms with E-state index in [4.69, 9.17) is 4.98 Å². The molecule has 0 spiro atoms. The number of carbonyl (C=O) groups is 2. The lowest BCUT2D eigenvalue weighted by Gasteiger charge is -2.34. The zero-order valence-electron chi connectivity index (χ0n) is 21.6. The van der Waals surface area contributed by atoms with Crippen molar-refractivity contribution in [1.29, 1.82) is 0 Å². The summed E-state index contributed by atoms with van der Waals surface area (Å²) in [6, 6.07) is 8.71. The average molecular weight is 588 g/mol. The van der Waals surface area contributed by atoms with E-state index in [9.17, 15) is 23.5 Å². The Kier molecular flexibility index (Phi) is 8.97. The molecule has 2 N–H and O–H groups in total. The smallest absolute Gasteiger partial charge is 0.303 e. The van der Waals surface area contributed by atoms with E-state index in [2.05, 4.69) is 33.1 Å². The number of hydrogen-bond acceptors (Lipinski definition) is 4. The number of piperidine rings is 1. The van der Waals surface area contributed by atoms with Crippen molar-refractivity contribution in [2.24, 2.45) is 5.92 Å². The van der Waals surface area contributed by atoms with Gasteiger partial charge in [0.25, 0.3) is 5.91 Å². The molecule has 2 heterocycles. The largest absolute Gasteiger partial charge is 0.481 e. The van der Waals surface area contributed by atoms with E-state index in [1.807, 2.05) is 25.1 Å². The van der Waals surface area contributed by atoms with Gasteiger partial charge in [-0.3, -0.25) is 9.59 Å². The normalized spacial score (nSPS) is 16.4. The van der Waals surface area contributed by atoms with Gasteiger partial charge in [-0.15, -0.1) is 0 Å². The second-order valence-corrected chi connectivity index (χ2v) is 10.9. The highest BCUT2D eigenvalue weighted by Gasteiger charge is 2.26. The first-order valence-electron chi connectivity index (χ1n) is 13.0. The topological polar surface area (TPSA) is 82.5 Å². The van der Waals surface area contributed by atoms with Crippen LogP contribution in [0, 0.1) is 24.5 Å². The molecule has 1 amide bonds. The first-order chi connectivity index (χ1) is 18.2. The summed E-state index contributed by atoms with van der Waals surface area (Å²) in [7, 11) is 0. The maximum Gasteiger partial charge on any atom is 0.303 e. The fraction of sp³-hybridized carbons (Fsp3) is 0.414. The molecule has 1 fully saturated rings. The molecule has 0 bridgehead atoms. The Bertz CT molecular complexity index is 1350. The lowest BCUT2D eigenvalue weighted by Crippen LogP contribution is -2.37. The number of nitrogens with zero attached hydrogens (tertiary/aromatic N) is 2. The molecule has 0 radical (unpaired) electrons. The van der Waals surface area contributed by atoms with Crippen LogP contribution in [-0.2, 0) is 4.79 Å². The van der Waals surface area contributed by atoms with Gasteiger partial charge in [0.15, 0.2) is 0 Å². The number of hydrogen-bond donors (Lipinski definition) is 2. The molecule has 2 atom stereocenters. The number of rotatable bonds is 9. The molecule has 6 nitrogen and oxygen atoms in total. The molecule has 0 unspecified atom stereocenters. The molecule has 0 saturated carbocycles. The molecule has 9 heteroatoms. The van der Waals surface area contributed by atoms with Crippen molar-refractivity contribution in [3.63, 3.8) is 0 Å². The third-order valence-corrected chi connectivity index (χ3v) is 7.89. The van der Waals surface area contributed by atoms with E-state index >= 15 is 0 Å². The lowest BCUT2D eigenvalue weighted by atomic mass is 9.93. The van der Waals surface area contributed by atoms with Crippen molar-refractivity contribution in [1.82, 2.24) is 10.3 Å². The number of fused-ring (bicyclic) bond motifs is 1. The van der Waals surface area contributed by atoms with Gasteiger partial charge in [-0.05, 0) is 74.1 Å². The van der Waals surface area contributed by atoms with Crippen LogP contribution in [0.4, 0.5) is 14.6 Å². The predicted molar refractivity (Wildman–Crippen MR) is 148 cm³/mol. The summed E-state index contributed by atoms with van der Waals surface area (Å²) in [5.41, 5.74) is 1.96. The van der Waals surface area contributed by atoms with Gasteiger partial charge in [0.05, 0.1) is 11.1 Å². The molecule has 4 rings (SSSR count). The van der Waals surface area contributed by atoms with Crippen molar-refractivity contribution < 1.29 is 23.5 Å². The van der Waals surface area contributed by atoms with E-state index in [0.29, 0.717) is 22.4 Å². The number of halogens is 3. The van der Waals surface area contributed by atoms with Crippen molar-refractivity contribution in [3.8, 4) is 0 Å². The molecule has 0 aliphatic carbocycles. The van der Waals surface area contributed by atoms with Gasteiger partial charge in [-0.2, -0.15) is 0 Å². The fourth-order valence-corrected chi connectivity index (χ4v) is 5.67. The van der Waals surface area contributed by atoms with Crippen molar-refractivity contribution in [3.05, 3.63) is 69.2 Å². The predicted octanol–water partition coefficient (Wildman–Crippen LogP) is 6.59. The van der Waals surface area contributed by atoms with Crippen molar-refractivity contribution in [2.45, 2.75) is 51.9 Å². The summed E-state index contributed by atoms with van der Waals surface area (Å²) in [5.74, 6) is -2.03. The van der Waals surface area contributed by atoms with Gasteiger partial charge in [-0.25, -0.2) is 13.8 Å². The fourth-order valence-electron chi connectivity index (χ4n) is 5.31. The van der Waals surface area contributed by atoms with E-state index in [1.54, 1.807) is 0 Å². The van der Waals surface area contributed by atoms with Crippen LogP contribution in [0.5, 0.6) is 0 Å². The number of aliphatic carboxylic acids is 1. The maximum absolute atomic E-state index is 14.6. The van der Waals surface area contributed by atoms with Crippen LogP contribution < -0.4 is 10.2 Å². The Morgan fingerprint density at radius 2 is 2.03 bits per heavy atom. The Morgan fingerprint density at radius 1 is 1.24 bits per heavy atom. The standard InChI is InChI=1S/C29H32BrF2N3O3/c1-3-18-5-4-12-35(16-18)28-17(2)27(23-13-20(30)7-10-25(23)34-28)29(38)33-15-19(6-11-26(36)37)22-14-21(31)8-9-24(22)32/h7-10,13-14,18-19H,3-6,11-12,15-16H2,1-2H3,(H,33,38)(H,36,37)/t18-,19+/m1/s1. The molecule has 3 aromatic rings. The molecule has 1 aliphatic heterocycles. The van der Waals surface area contributed by atoms with Crippen LogP contribution in [0.15, 0.2) is 40.9 Å². The highest BCUT2D eigenvalue weighted by atomic mass is 79.9. The Balaban J connectivity index is 1.68. The Labute approximate surface area is 229 Å². The number of aromatic nitrogens is 1. The van der Waals surface area contributed by atoms with Crippen LogP contribution in [0.3, 0.4) is 0 Å². The third-order valence-electron chi connectivity index (χ3n) is 7.40. The molecule has 38 heavy (non-hydrogen) atoms. The van der Waals surface area contributed by atoms with Crippen LogP contribution >= 0.6 is 15.9 Å². The first kappa shape index (κ1) is 28.0. The molecule has 202 valence electrons. The summed E-state index contributed by atoms with van der Waals surface area (Å²) in [4.78, 5) is 32.1. The second-order valence-electron chi connectivity index (χ2n) is 9.96. The Morgan fingerprint density at radius 3 is 2.76 bits per heavy atom. The van der Waals surface area contributed by atoms with Gasteiger partial charge < -0.3 is 15.3 Å². The van der Waals surface area contributed by atoms with Crippen molar-refractivity contribution >= 4 is 44.5 Å². The molecular formula is C29H32BrF2N3O3. The summed E-state index contributed by atoms with van der Waals surface area (Å²) in [6.07, 6.45) is 3.13. The number of benzene rings is 2. The van der Waals surface area contributed by atoms with Crippen LogP contribution in [-0.4, -0.2) is 41.6 Å². The number of nitrogens with one attached hydrogen (secondary N) is 1. The number of carboxylic acid groups (broad SMARTS) is 1. The minimum absolute atomic E-state index is 0.0410. The molecular weight excluding hydrogens is 556 g/mol. The number of carboxylic acids is 1. The number of anilines is 1. The summed E-state index contributed by atoms with van der Waals surface area (Å²) in [5, 5.41) is 12.8. The Hall–Kier alpha value is -3.07. The van der Waals surface area contributed by atoms with Crippen LogP contribution in [0.25, 0.3) is 10.9 Å². The van der Waals surface area contributed by atoms with E-state index in [-0.39, 0.29) is 30.9 Å². The van der Waals surface area contributed by atoms with Crippen molar-refractivity contribution in [2.75, 3.05) is 24.5 Å². The highest BCUT2D eigenvalue weighted by molar-refractivity contribution is 9.10. The van der Waals surface area contributed by atoms with Gasteiger partial charge >= 0.3 is 5.97 Å². The summed E-state index contributed by atoms with van der Waals surface area (Å²) < 4.78 is 29.3. The zero-order chi connectivity index (χ0) is 27.4. The van der Waals surface area contributed by atoms with Crippen LogP contribution in [0.2, 0.25) is 0 Å². The third kappa shape index (κ3) is 6.31. The van der Waals surface area contributed by atoms with Crippen LogP contribution in [0.1, 0.15) is 66.4 Å². The number of carbonyl (C=O) groups excluding carboxylic acids is 1. The van der Waals surface area contributed by atoms with Gasteiger partial charge in [0, 0.05) is 47.4 Å². The maximum atomic E-state index is 14.6. The molecule has 2 aromatic carbocycles.